The third-order valence-corrected chi connectivity index (χ3v) is 6.62. The maximum Gasteiger partial charge on any atom is 0.242 e. The Kier molecular flexibility index (Phi) is 6.80. The van der Waals surface area contributed by atoms with Gasteiger partial charge in [-0.2, -0.15) is 0 Å². The Hall–Kier alpha value is -2.86. The molecule has 2 N–H and O–H groups in total. The van der Waals surface area contributed by atoms with Crippen LogP contribution in [0.15, 0.2) is 48.8 Å². The highest BCUT2D eigenvalue weighted by molar-refractivity contribution is 6.35. The number of rotatable bonds is 7. The number of aryl methyl sites for hydroxylation is 1. The molecule has 1 fully saturated rings. The zero-order valence-corrected chi connectivity index (χ0v) is 19.2. The summed E-state index contributed by atoms with van der Waals surface area (Å²) in [5.41, 5.74) is 2.97. The highest BCUT2D eigenvalue weighted by Gasteiger charge is 2.31. The lowest BCUT2D eigenvalue weighted by Gasteiger charge is -2.17. The SMILES string of the molecule is C[C@H](NC(=O)[C@@H]1CC[C@@H](Cc2ccccc2)C1)C(=O)NCc1cnc2c(c1)c(Cl)cn2C. The summed E-state index contributed by atoms with van der Waals surface area (Å²) in [6, 6.07) is 11.7. The van der Waals surface area contributed by atoms with Gasteiger partial charge in [0.1, 0.15) is 11.7 Å². The Balaban J connectivity index is 1.25. The number of carbonyl (C=O) groups is 2. The molecule has 0 radical (unpaired) electrons. The van der Waals surface area contributed by atoms with Crippen molar-refractivity contribution in [3.63, 3.8) is 0 Å². The van der Waals surface area contributed by atoms with Crippen molar-refractivity contribution in [1.29, 1.82) is 0 Å². The second-order valence-corrected chi connectivity index (χ2v) is 9.22. The lowest BCUT2D eigenvalue weighted by Crippen LogP contribution is -2.46. The van der Waals surface area contributed by atoms with E-state index in [0.717, 1.165) is 42.3 Å². The van der Waals surface area contributed by atoms with E-state index in [9.17, 15) is 9.59 Å². The minimum atomic E-state index is -0.590. The maximum absolute atomic E-state index is 12.7. The fourth-order valence-electron chi connectivity index (χ4n) is 4.54. The summed E-state index contributed by atoms with van der Waals surface area (Å²) in [5.74, 6) is 0.258. The number of nitrogens with one attached hydrogen (secondary N) is 2. The summed E-state index contributed by atoms with van der Waals surface area (Å²) in [4.78, 5) is 29.7. The maximum atomic E-state index is 12.7. The first-order valence-corrected chi connectivity index (χ1v) is 11.5. The molecule has 2 amide bonds. The van der Waals surface area contributed by atoms with Crippen molar-refractivity contribution in [3.8, 4) is 0 Å². The second-order valence-electron chi connectivity index (χ2n) is 8.82. The first-order valence-electron chi connectivity index (χ1n) is 11.1. The van der Waals surface area contributed by atoms with Crippen LogP contribution in [0.1, 0.15) is 37.3 Å². The second kappa shape index (κ2) is 9.74. The van der Waals surface area contributed by atoms with Gasteiger partial charge in [0.25, 0.3) is 0 Å². The van der Waals surface area contributed by atoms with Crippen LogP contribution in [0.25, 0.3) is 11.0 Å². The molecule has 2 aromatic heterocycles. The van der Waals surface area contributed by atoms with Crippen molar-refractivity contribution in [2.24, 2.45) is 18.9 Å². The molecule has 1 aromatic carbocycles. The van der Waals surface area contributed by atoms with Gasteiger partial charge in [0, 0.05) is 37.3 Å². The first-order chi connectivity index (χ1) is 15.4. The average molecular weight is 453 g/mol. The fraction of sp³-hybridized carbons (Fsp3) is 0.400. The van der Waals surface area contributed by atoms with E-state index in [4.69, 9.17) is 11.6 Å². The van der Waals surface area contributed by atoms with Crippen LogP contribution in [0.2, 0.25) is 5.02 Å². The number of carbonyl (C=O) groups excluding carboxylic acids is 2. The molecule has 7 heteroatoms. The molecular formula is C25H29ClN4O2. The van der Waals surface area contributed by atoms with Crippen molar-refractivity contribution >= 4 is 34.4 Å². The molecule has 0 bridgehead atoms. The van der Waals surface area contributed by atoms with Crippen LogP contribution in [-0.4, -0.2) is 27.4 Å². The summed E-state index contributed by atoms with van der Waals surface area (Å²) in [6.07, 6.45) is 7.34. The normalized spacial score (nSPS) is 19.1. The molecule has 1 saturated carbocycles. The van der Waals surface area contributed by atoms with E-state index in [1.807, 2.05) is 29.9 Å². The predicted octanol–water partition coefficient (Wildman–Crippen LogP) is 4.01. The number of amides is 2. The highest BCUT2D eigenvalue weighted by Crippen LogP contribution is 2.33. The Morgan fingerprint density at radius 3 is 2.78 bits per heavy atom. The van der Waals surface area contributed by atoms with Crippen LogP contribution < -0.4 is 10.6 Å². The number of aromatic nitrogens is 2. The van der Waals surface area contributed by atoms with Crippen molar-refractivity contribution in [2.45, 2.75) is 45.2 Å². The molecule has 4 rings (SSSR count). The van der Waals surface area contributed by atoms with E-state index in [1.54, 1.807) is 13.1 Å². The number of pyridine rings is 1. The largest absolute Gasteiger partial charge is 0.350 e. The van der Waals surface area contributed by atoms with E-state index in [1.165, 1.54) is 5.56 Å². The minimum absolute atomic E-state index is 0.0224. The number of fused-ring (bicyclic) bond motifs is 1. The van der Waals surface area contributed by atoms with Gasteiger partial charge in [-0.25, -0.2) is 4.98 Å². The van der Waals surface area contributed by atoms with Gasteiger partial charge >= 0.3 is 0 Å². The molecule has 0 unspecified atom stereocenters. The Morgan fingerprint density at radius 2 is 2.00 bits per heavy atom. The van der Waals surface area contributed by atoms with Crippen molar-refractivity contribution in [2.75, 3.05) is 0 Å². The van der Waals surface area contributed by atoms with Crippen molar-refractivity contribution < 1.29 is 9.59 Å². The lowest BCUT2D eigenvalue weighted by molar-refractivity contribution is -0.130. The number of hydrogen-bond acceptors (Lipinski definition) is 3. The molecule has 3 aromatic rings. The Morgan fingerprint density at radius 1 is 1.22 bits per heavy atom. The molecule has 168 valence electrons. The highest BCUT2D eigenvalue weighted by atomic mass is 35.5. The van der Waals surface area contributed by atoms with Crippen LogP contribution in [0.4, 0.5) is 0 Å². The van der Waals surface area contributed by atoms with Gasteiger partial charge in [-0.05, 0) is 55.7 Å². The molecule has 0 spiro atoms. The van der Waals surface area contributed by atoms with Gasteiger partial charge in [-0.1, -0.05) is 41.9 Å². The fourth-order valence-corrected chi connectivity index (χ4v) is 4.83. The number of benzene rings is 1. The first kappa shape index (κ1) is 22.3. The predicted molar refractivity (Wildman–Crippen MR) is 126 cm³/mol. The van der Waals surface area contributed by atoms with E-state index < -0.39 is 6.04 Å². The molecule has 1 aliphatic carbocycles. The monoisotopic (exact) mass is 452 g/mol. The number of hydrogen-bond donors (Lipinski definition) is 2. The van der Waals surface area contributed by atoms with Gasteiger partial charge in [-0.15, -0.1) is 0 Å². The summed E-state index contributed by atoms with van der Waals surface area (Å²) in [6.45, 7) is 2.05. The zero-order valence-electron chi connectivity index (χ0n) is 18.5. The van der Waals surface area contributed by atoms with Crippen molar-refractivity contribution in [1.82, 2.24) is 20.2 Å². The summed E-state index contributed by atoms with van der Waals surface area (Å²) in [7, 11) is 1.89. The Labute approximate surface area is 193 Å². The van der Waals surface area contributed by atoms with Crippen LogP contribution >= 0.6 is 11.6 Å². The molecule has 6 nitrogen and oxygen atoms in total. The van der Waals surface area contributed by atoms with Gasteiger partial charge < -0.3 is 15.2 Å². The molecule has 0 saturated heterocycles. The van der Waals surface area contributed by atoms with Crippen molar-refractivity contribution in [3.05, 3.63) is 64.9 Å². The number of nitrogens with zero attached hydrogens (tertiary/aromatic N) is 2. The molecule has 2 heterocycles. The molecular weight excluding hydrogens is 424 g/mol. The molecule has 1 aliphatic rings. The smallest absolute Gasteiger partial charge is 0.242 e. The van der Waals surface area contributed by atoms with E-state index in [2.05, 4.69) is 39.9 Å². The number of halogens is 1. The quantitative estimate of drug-likeness (QED) is 0.568. The van der Waals surface area contributed by atoms with Gasteiger partial charge in [0.2, 0.25) is 11.8 Å². The van der Waals surface area contributed by atoms with Gasteiger partial charge in [-0.3, -0.25) is 9.59 Å². The van der Waals surface area contributed by atoms with Gasteiger partial charge in [0.05, 0.1) is 5.02 Å². The molecule has 0 aliphatic heterocycles. The van der Waals surface area contributed by atoms with Crippen LogP contribution in [-0.2, 0) is 29.6 Å². The van der Waals surface area contributed by atoms with Crippen LogP contribution in [0.3, 0.4) is 0 Å². The third-order valence-electron chi connectivity index (χ3n) is 6.32. The van der Waals surface area contributed by atoms with E-state index in [0.29, 0.717) is 17.5 Å². The molecule has 32 heavy (non-hydrogen) atoms. The lowest BCUT2D eigenvalue weighted by atomic mass is 9.96. The average Bonchev–Trinajstić information content (AvgIpc) is 3.37. The van der Waals surface area contributed by atoms with E-state index in [-0.39, 0.29) is 17.7 Å². The topological polar surface area (TPSA) is 76.0 Å². The van der Waals surface area contributed by atoms with Crippen LogP contribution in [0, 0.1) is 11.8 Å². The van der Waals surface area contributed by atoms with Crippen LogP contribution in [0.5, 0.6) is 0 Å². The molecule has 3 atom stereocenters. The minimum Gasteiger partial charge on any atom is -0.350 e. The summed E-state index contributed by atoms with van der Waals surface area (Å²) < 4.78 is 1.87. The Bertz CT molecular complexity index is 1110. The summed E-state index contributed by atoms with van der Waals surface area (Å²) in [5, 5.41) is 7.26. The van der Waals surface area contributed by atoms with E-state index >= 15 is 0 Å². The standard InChI is InChI=1S/C25H29ClN4O2/c1-16(24(31)28-14-19-12-21-22(26)15-30(2)23(21)27-13-19)29-25(32)20-9-8-18(11-20)10-17-6-4-3-5-7-17/h3-7,12-13,15-16,18,20H,8-11,14H2,1-2H3,(H,28,31)(H,29,32)/t16-,18-,20+/m0/s1. The zero-order chi connectivity index (χ0) is 22.7. The van der Waals surface area contributed by atoms with Gasteiger partial charge in [0.15, 0.2) is 0 Å². The third kappa shape index (κ3) is 5.13. The summed E-state index contributed by atoms with van der Waals surface area (Å²) >= 11 is 6.24.